The highest BCUT2D eigenvalue weighted by Gasteiger charge is 2.44. The molecule has 1 saturated heterocycles. The van der Waals surface area contributed by atoms with Crippen LogP contribution in [0.4, 0.5) is 0 Å². The van der Waals surface area contributed by atoms with Crippen LogP contribution in [0.25, 0.3) is 0 Å². The number of nitrogens with two attached hydrogens (primary N) is 2. The highest BCUT2D eigenvalue weighted by molar-refractivity contribution is 5.81. The first-order valence-corrected chi connectivity index (χ1v) is 6.79. The van der Waals surface area contributed by atoms with Crippen LogP contribution >= 0.6 is 0 Å². The third kappa shape index (κ3) is 6.44. The number of Topliss-reactive ketones (excluding diaryl/α,β-unsaturated/α-hetero) is 1. The number of hydrogen-bond donors (Lipinski definition) is 4. The van der Waals surface area contributed by atoms with Crippen LogP contribution in [0.5, 0.6) is 0 Å². The molecule has 1 aliphatic rings. The fraction of sp³-hybridized carbons (Fsp3) is 0.923. The Hall–Kier alpha value is -0.530. The molecule has 19 heavy (non-hydrogen) atoms. The highest BCUT2D eigenvalue weighted by atomic mass is 16.5. The number of piperidine rings is 1. The molecule has 0 saturated carbocycles. The largest absolute Gasteiger partial charge is 0.329 e. The summed E-state index contributed by atoms with van der Waals surface area (Å²) in [4.78, 5) is 11.3. The summed E-state index contributed by atoms with van der Waals surface area (Å²) < 4.78 is 0. The summed E-state index contributed by atoms with van der Waals surface area (Å²) in [7, 11) is 0. The molecule has 0 bridgehead atoms. The SMILES string of the molecule is CC1(C)CC(=O)CC(C)(C)N1O.NCCNCCN. The third-order valence-corrected chi connectivity index (χ3v) is 3.05. The van der Waals surface area contributed by atoms with Gasteiger partial charge in [-0.2, -0.15) is 5.06 Å². The smallest absolute Gasteiger partial charge is 0.136 e. The molecule has 0 atom stereocenters. The Morgan fingerprint density at radius 2 is 1.47 bits per heavy atom. The summed E-state index contributed by atoms with van der Waals surface area (Å²) in [6.45, 7) is 10.7. The van der Waals surface area contributed by atoms with E-state index in [0.29, 0.717) is 25.9 Å². The molecule has 1 fully saturated rings. The van der Waals surface area contributed by atoms with Crippen LogP contribution < -0.4 is 16.8 Å². The molecular formula is C13H30N4O2. The Balaban J connectivity index is 0.000000399. The minimum absolute atomic E-state index is 0.232. The van der Waals surface area contributed by atoms with E-state index < -0.39 is 11.1 Å². The Morgan fingerprint density at radius 1 is 1.11 bits per heavy atom. The van der Waals surface area contributed by atoms with Crippen LogP contribution in [0.15, 0.2) is 0 Å². The third-order valence-electron chi connectivity index (χ3n) is 3.05. The zero-order valence-corrected chi connectivity index (χ0v) is 12.7. The van der Waals surface area contributed by atoms with Gasteiger partial charge < -0.3 is 22.0 Å². The van der Waals surface area contributed by atoms with Crippen molar-refractivity contribution in [3.63, 3.8) is 0 Å². The number of carbonyl (C=O) groups excluding carboxylic acids is 1. The van der Waals surface area contributed by atoms with Gasteiger partial charge in [0.1, 0.15) is 5.78 Å². The first kappa shape index (κ1) is 18.5. The van der Waals surface area contributed by atoms with Crippen molar-refractivity contribution in [1.29, 1.82) is 0 Å². The number of carbonyl (C=O) groups is 1. The zero-order chi connectivity index (χ0) is 15.1. The van der Waals surface area contributed by atoms with E-state index in [1.54, 1.807) is 0 Å². The van der Waals surface area contributed by atoms with Crippen LogP contribution in [-0.4, -0.2) is 53.3 Å². The Bertz CT molecular complexity index is 256. The molecule has 1 heterocycles. The fourth-order valence-electron chi connectivity index (χ4n) is 2.33. The van der Waals surface area contributed by atoms with Crippen LogP contribution in [0, 0.1) is 0 Å². The normalized spacial score (nSPS) is 21.7. The first-order chi connectivity index (χ1) is 8.67. The van der Waals surface area contributed by atoms with Gasteiger partial charge in [0.25, 0.3) is 0 Å². The molecule has 0 aromatic heterocycles. The van der Waals surface area contributed by atoms with E-state index in [1.807, 2.05) is 27.7 Å². The van der Waals surface area contributed by atoms with E-state index in [-0.39, 0.29) is 5.78 Å². The lowest BCUT2D eigenvalue weighted by Crippen LogP contribution is -2.59. The molecule has 0 amide bonds. The molecule has 114 valence electrons. The fourth-order valence-corrected chi connectivity index (χ4v) is 2.33. The number of hydrogen-bond acceptors (Lipinski definition) is 6. The maximum absolute atomic E-state index is 11.3. The van der Waals surface area contributed by atoms with E-state index in [2.05, 4.69) is 5.32 Å². The van der Waals surface area contributed by atoms with Crippen molar-refractivity contribution in [3.05, 3.63) is 0 Å². The van der Waals surface area contributed by atoms with Gasteiger partial charge in [-0.25, -0.2) is 0 Å². The minimum Gasteiger partial charge on any atom is -0.329 e. The monoisotopic (exact) mass is 274 g/mol. The number of ketones is 1. The molecule has 0 spiro atoms. The Labute approximate surface area is 116 Å². The molecule has 1 aliphatic heterocycles. The summed E-state index contributed by atoms with van der Waals surface area (Å²) in [5, 5.41) is 14.1. The van der Waals surface area contributed by atoms with Gasteiger partial charge in [-0.05, 0) is 27.7 Å². The summed E-state index contributed by atoms with van der Waals surface area (Å²) in [5.41, 5.74) is 9.50. The van der Waals surface area contributed by atoms with Gasteiger partial charge in [0, 0.05) is 50.1 Å². The number of nitrogens with zero attached hydrogens (tertiary/aromatic N) is 1. The van der Waals surface area contributed by atoms with E-state index >= 15 is 0 Å². The summed E-state index contributed by atoms with van der Waals surface area (Å²) in [6, 6.07) is 0. The van der Waals surface area contributed by atoms with Crippen molar-refractivity contribution in [1.82, 2.24) is 10.4 Å². The second-order valence-corrected chi connectivity index (χ2v) is 6.16. The van der Waals surface area contributed by atoms with Gasteiger partial charge in [-0.1, -0.05) is 0 Å². The topological polar surface area (TPSA) is 105 Å². The van der Waals surface area contributed by atoms with Crippen molar-refractivity contribution in [3.8, 4) is 0 Å². The van der Waals surface area contributed by atoms with Gasteiger partial charge in [-0.15, -0.1) is 0 Å². The van der Waals surface area contributed by atoms with Crippen molar-refractivity contribution < 1.29 is 10.0 Å². The molecule has 0 unspecified atom stereocenters. The second kappa shape index (κ2) is 7.91. The van der Waals surface area contributed by atoms with Gasteiger partial charge >= 0.3 is 0 Å². The molecule has 6 heteroatoms. The quantitative estimate of drug-likeness (QED) is 0.542. The van der Waals surface area contributed by atoms with Gasteiger partial charge in [0.05, 0.1) is 0 Å². The van der Waals surface area contributed by atoms with Crippen LogP contribution in [0.3, 0.4) is 0 Å². The van der Waals surface area contributed by atoms with E-state index in [4.69, 9.17) is 11.5 Å². The summed E-state index contributed by atoms with van der Waals surface area (Å²) >= 11 is 0. The lowest BCUT2D eigenvalue weighted by atomic mass is 9.81. The average Bonchev–Trinajstić information content (AvgIpc) is 2.26. The second-order valence-electron chi connectivity index (χ2n) is 6.16. The molecule has 0 aromatic rings. The highest BCUT2D eigenvalue weighted by Crippen LogP contribution is 2.34. The van der Waals surface area contributed by atoms with E-state index in [9.17, 15) is 10.0 Å². The van der Waals surface area contributed by atoms with Crippen LogP contribution in [0.2, 0.25) is 0 Å². The minimum atomic E-state index is -0.418. The van der Waals surface area contributed by atoms with Crippen molar-refractivity contribution >= 4 is 5.78 Å². The maximum atomic E-state index is 11.3. The molecule has 6 N–H and O–H groups in total. The predicted octanol–water partition coefficient (Wildman–Crippen LogP) is 0.0911. The van der Waals surface area contributed by atoms with Crippen LogP contribution in [-0.2, 0) is 4.79 Å². The lowest BCUT2D eigenvalue weighted by molar-refractivity contribution is -0.236. The summed E-state index contributed by atoms with van der Waals surface area (Å²) in [5.74, 6) is 0.232. The molecule has 0 aromatic carbocycles. The molecule has 1 rings (SSSR count). The first-order valence-electron chi connectivity index (χ1n) is 6.79. The van der Waals surface area contributed by atoms with Crippen molar-refractivity contribution in [2.24, 2.45) is 11.5 Å². The van der Waals surface area contributed by atoms with E-state index in [0.717, 1.165) is 13.1 Å². The van der Waals surface area contributed by atoms with Gasteiger partial charge in [0.15, 0.2) is 0 Å². The standard InChI is InChI=1S/C9H17NO2.C4H13N3/c1-8(2)5-7(11)6-9(3,4)10(8)12;5-1-3-7-4-2-6/h12H,5-6H2,1-4H3;7H,1-6H2. The number of hydroxylamine groups is 2. The van der Waals surface area contributed by atoms with E-state index in [1.165, 1.54) is 5.06 Å². The predicted molar refractivity (Wildman–Crippen MR) is 77.0 cm³/mol. The van der Waals surface area contributed by atoms with Gasteiger partial charge in [0.2, 0.25) is 0 Å². The van der Waals surface area contributed by atoms with Crippen LogP contribution in [0.1, 0.15) is 40.5 Å². The Kier molecular flexibility index (Phi) is 7.69. The summed E-state index contributed by atoms with van der Waals surface area (Å²) in [6.07, 6.45) is 0.875. The lowest BCUT2D eigenvalue weighted by Gasteiger charge is -2.47. The molecule has 6 nitrogen and oxygen atoms in total. The molecular weight excluding hydrogens is 244 g/mol. The average molecular weight is 274 g/mol. The Morgan fingerprint density at radius 3 is 1.79 bits per heavy atom. The van der Waals surface area contributed by atoms with Crippen molar-refractivity contribution in [2.45, 2.75) is 51.6 Å². The number of rotatable bonds is 4. The number of nitrogens with one attached hydrogen (secondary N) is 1. The van der Waals surface area contributed by atoms with Crippen molar-refractivity contribution in [2.75, 3.05) is 26.2 Å². The zero-order valence-electron chi connectivity index (χ0n) is 12.7. The maximum Gasteiger partial charge on any atom is 0.136 e. The van der Waals surface area contributed by atoms with Gasteiger partial charge in [-0.3, -0.25) is 4.79 Å². The molecule has 0 aliphatic carbocycles. The molecule has 0 radical (unpaired) electrons.